The van der Waals surface area contributed by atoms with Gasteiger partial charge in [-0.2, -0.15) is 0 Å². The van der Waals surface area contributed by atoms with Crippen LogP contribution in [0.2, 0.25) is 0 Å². The highest BCUT2D eigenvalue weighted by Gasteiger charge is 2.64. The Labute approximate surface area is 244 Å². The lowest BCUT2D eigenvalue weighted by molar-refractivity contribution is -0.197. The van der Waals surface area contributed by atoms with E-state index in [1.807, 2.05) is 5.32 Å². The van der Waals surface area contributed by atoms with Crippen LogP contribution < -0.4 is 5.32 Å². The number of hydrogen-bond donors (Lipinski definition) is 2. The molecule has 0 saturated heterocycles. The monoisotopic (exact) mass is 578 g/mol. The molecule has 0 unspecified atom stereocenters. The molecule has 0 aromatic carbocycles. The third-order valence-corrected chi connectivity index (χ3v) is 11.5. The van der Waals surface area contributed by atoms with E-state index in [4.69, 9.17) is 14.2 Å². The molecule has 10 nitrogen and oxygen atoms in total. The quantitative estimate of drug-likeness (QED) is 0.170. The van der Waals surface area contributed by atoms with Crippen molar-refractivity contribution in [2.24, 2.45) is 46.3 Å². The van der Waals surface area contributed by atoms with Gasteiger partial charge in [0.2, 0.25) is 0 Å². The number of esters is 2. The number of alkyl carbamates (subject to hydrolysis) is 1. The molecule has 0 aromatic heterocycles. The lowest BCUT2D eigenvalue weighted by Gasteiger charge is -2.62. The number of urea groups is 1. The first-order valence-electron chi connectivity index (χ1n) is 15.6. The van der Waals surface area contributed by atoms with Crippen LogP contribution in [0.25, 0.3) is 0 Å². The fourth-order valence-electron chi connectivity index (χ4n) is 9.76. The first-order valence-corrected chi connectivity index (χ1v) is 15.6. The van der Waals surface area contributed by atoms with Crippen molar-refractivity contribution in [2.45, 2.75) is 112 Å². The number of nitrogens with one attached hydrogen (secondary N) is 1. The number of ether oxygens (including phenoxy) is 3. The summed E-state index contributed by atoms with van der Waals surface area (Å²) in [6, 6.07) is -0.885. The highest BCUT2D eigenvalue weighted by Crippen LogP contribution is 2.68. The molecule has 0 aromatic rings. The summed E-state index contributed by atoms with van der Waals surface area (Å²) in [6.07, 6.45) is 7.42. The fourth-order valence-corrected chi connectivity index (χ4v) is 9.76. The zero-order valence-electron chi connectivity index (χ0n) is 25.6. The van der Waals surface area contributed by atoms with E-state index in [0.29, 0.717) is 41.1 Å². The summed E-state index contributed by atoms with van der Waals surface area (Å²) in [6.45, 7) is 11.9. The van der Waals surface area contributed by atoms with Gasteiger partial charge in [0.25, 0.3) is 0 Å². The molecule has 4 saturated carbocycles. The van der Waals surface area contributed by atoms with Crippen LogP contribution in [-0.2, 0) is 23.8 Å². The van der Waals surface area contributed by atoms with E-state index >= 15 is 0 Å². The Morgan fingerprint density at radius 2 is 1.61 bits per heavy atom. The number of hydroxylamine groups is 2. The Bertz CT molecular complexity index is 1000. The second-order valence-electron chi connectivity index (χ2n) is 13.7. The largest absolute Gasteiger partial charge is 0.463 e. The molecular formula is C31H50N2O8. The third-order valence-electron chi connectivity index (χ3n) is 11.5. The van der Waals surface area contributed by atoms with Crippen LogP contribution >= 0.6 is 0 Å². The predicted molar refractivity (Wildman–Crippen MR) is 150 cm³/mol. The van der Waals surface area contributed by atoms with Crippen LogP contribution in [0.4, 0.5) is 9.59 Å². The molecule has 0 radical (unpaired) electrons. The number of carbonyl (C=O) groups excluding carboxylic acids is 4. The molecular weight excluding hydrogens is 528 g/mol. The van der Waals surface area contributed by atoms with Gasteiger partial charge >= 0.3 is 24.1 Å². The summed E-state index contributed by atoms with van der Waals surface area (Å²) in [5.74, 6) is 1.74. The maximum absolute atomic E-state index is 12.3. The minimum Gasteiger partial charge on any atom is -0.463 e. The number of hydrogen-bond acceptors (Lipinski definition) is 8. The Morgan fingerprint density at radius 3 is 2.27 bits per heavy atom. The summed E-state index contributed by atoms with van der Waals surface area (Å²) in [7, 11) is 0. The van der Waals surface area contributed by atoms with Gasteiger partial charge in [-0.25, -0.2) is 20.0 Å². The van der Waals surface area contributed by atoms with Crippen molar-refractivity contribution in [1.82, 2.24) is 10.4 Å². The summed E-state index contributed by atoms with van der Waals surface area (Å²) in [5.41, 5.74) is 0.206. The average Bonchev–Trinajstić information content (AvgIpc) is 3.24. The normalized spacial score (nSPS) is 38.4. The Kier molecular flexibility index (Phi) is 9.61. The molecule has 232 valence electrons. The van der Waals surface area contributed by atoms with E-state index in [1.54, 1.807) is 6.92 Å². The molecule has 3 amide bonds. The van der Waals surface area contributed by atoms with Gasteiger partial charge in [0.05, 0.1) is 13.2 Å². The second kappa shape index (κ2) is 12.5. The molecule has 4 aliphatic carbocycles. The SMILES string of the molecule is CCOC(=O)NC(=O)N(O)CC[C@@H](C)[C@H]1CC[C@H]2[C@@H]3[C@H](OC(C)=O)C[C@@H]4C[C@H](OC(C)=O)CC[C@]4(C)[C@H]3CC[C@]12C. The number of rotatable bonds is 7. The summed E-state index contributed by atoms with van der Waals surface area (Å²) in [5, 5.41) is 12.8. The van der Waals surface area contributed by atoms with Crippen LogP contribution in [0.1, 0.15) is 99.3 Å². The van der Waals surface area contributed by atoms with Gasteiger partial charge in [-0.05, 0) is 105 Å². The molecule has 0 bridgehead atoms. The molecule has 0 spiro atoms. The van der Waals surface area contributed by atoms with Gasteiger partial charge in [0.1, 0.15) is 12.2 Å². The van der Waals surface area contributed by atoms with Crippen molar-refractivity contribution < 1.29 is 38.6 Å². The number of imide groups is 1. The smallest absolute Gasteiger partial charge is 0.415 e. The topological polar surface area (TPSA) is 131 Å². The second-order valence-corrected chi connectivity index (χ2v) is 13.7. The van der Waals surface area contributed by atoms with Crippen molar-refractivity contribution in [3.63, 3.8) is 0 Å². The predicted octanol–water partition coefficient (Wildman–Crippen LogP) is 5.70. The van der Waals surface area contributed by atoms with E-state index in [-0.39, 0.29) is 54.0 Å². The van der Waals surface area contributed by atoms with E-state index in [0.717, 1.165) is 51.4 Å². The first kappa shape index (κ1) is 31.6. The molecule has 41 heavy (non-hydrogen) atoms. The maximum Gasteiger partial charge on any atom is 0.415 e. The highest BCUT2D eigenvalue weighted by atomic mass is 16.6. The highest BCUT2D eigenvalue weighted by molar-refractivity contribution is 5.90. The molecule has 4 fully saturated rings. The zero-order chi connectivity index (χ0) is 30.1. The van der Waals surface area contributed by atoms with Crippen LogP contribution in [0.3, 0.4) is 0 Å². The van der Waals surface area contributed by atoms with Gasteiger partial charge in [0.15, 0.2) is 0 Å². The van der Waals surface area contributed by atoms with Crippen molar-refractivity contribution in [1.29, 1.82) is 0 Å². The minimum absolute atomic E-state index is 0.0591. The van der Waals surface area contributed by atoms with Crippen LogP contribution in [0.5, 0.6) is 0 Å². The van der Waals surface area contributed by atoms with Crippen molar-refractivity contribution >= 4 is 24.1 Å². The van der Waals surface area contributed by atoms with Gasteiger partial charge in [-0.3, -0.25) is 14.8 Å². The maximum atomic E-state index is 12.3. The fraction of sp³-hybridized carbons (Fsp3) is 0.871. The van der Waals surface area contributed by atoms with Gasteiger partial charge in [0, 0.05) is 19.8 Å². The zero-order valence-corrected chi connectivity index (χ0v) is 25.6. The van der Waals surface area contributed by atoms with E-state index in [1.165, 1.54) is 13.8 Å². The molecule has 0 aliphatic heterocycles. The van der Waals surface area contributed by atoms with Crippen molar-refractivity contribution in [3.8, 4) is 0 Å². The third kappa shape index (κ3) is 6.37. The summed E-state index contributed by atoms with van der Waals surface area (Å²) < 4.78 is 16.5. The van der Waals surface area contributed by atoms with E-state index < -0.39 is 12.1 Å². The molecule has 4 rings (SSSR count). The standard InChI is InChI=1S/C31H50N2O8/c1-7-39-29(37)32-28(36)33(38)15-12-18(2)23-8-9-24-27-25(11-14-31(23,24)6)30(5)13-10-22(40-19(3)34)16-21(30)17-26(27)41-20(4)35/h18,21-27,38H,7-17H2,1-6H3,(H,32,36,37)/t18-,21+,22-,23-,24+,25+,26-,27+,30+,31-/m1/s1. The van der Waals surface area contributed by atoms with Gasteiger partial charge < -0.3 is 14.2 Å². The van der Waals surface area contributed by atoms with Crippen LogP contribution in [0, 0.1) is 46.3 Å². The van der Waals surface area contributed by atoms with Gasteiger partial charge in [-0.1, -0.05) is 20.8 Å². The number of carbonyl (C=O) groups is 4. The minimum atomic E-state index is -0.885. The lowest BCUT2D eigenvalue weighted by atomic mass is 9.43. The average molecular weight is 579 g/mol. The number of fused-ring (bicyclic) bond motifs is 5. The van der Waals surface area contributed by atoms with Crippen molar-refractivity contribution in [2.75, 3.05) is 13.2 Å². The Balaban J connectivity index is 1.47. The van der Waals surface area contributed by atoms with Crippen molar-refractivity contribution in [3.05, 3.63) is 0 Å². The molecule has 10 atom stereocenters. The van der Waals surface area contributed by atoms with E-state index in [2.05, 4.69) is 20.8 Å². The summed E-state index contributed by atoms with van der Waals surface area (Å²) >= 11 is 0. The van der Waals surface area contributed by atoms with E-state index in [9.17, 15) is 24.4 Å². The van der Waals surface area contributed by atoms with Gasteiger partial charge in [-0.15, -0.1) is 0 Å². The first-order chi connectivity index (χ1) is 19.3. The molecule has 2 N–H and O–H groups in total. The molecule has 10 heteroatoms. The van der Waals surface area contributed by atoms with Crippen LogP contribution in [-0.4, -0.2) is 59.7 Å². The Hall–Kier alpha value is -2.36. The Morgan fingerprint density at radius 1 is 0.951 bits per heavy atom. The van der Waals surface area contributed by atoms with Crippen LogP contribution in [0.15, 0.2) is 0 Å². The lowest BCUT2D eigenvalue weighted by Crippen LogP contribution is -2.59. The summed E-state index contributed by atoms with van der Waals surface area (Å²) in [4.78, 5) is 47.7. The molecule has 0 heterocycles. The molecule has 4 aliphatic rings. The number of amides is 3. The number of nitrogens with zero attached hydrogens (tertiary/aromatic N) is 1.